The number of rotatable bonds is 1. The molecule has 1 aromatic carbocycles. The smallest absolute Gasteiger partial charge is 0.322 e. The van der Waals surface area contributed by atoms with Gasteiger partial charge in [0.1, 0.15) is 5.54 Å². The van der Waals surface area contributed by atoms with Crippen molar-refractivity contribution in [3.05, 3.63) is 23.8 Å². The van der Waals surface area contributed by atoms with Gasteiger partial charge in [-0.15, -0.1) is 0 Å². The van der Waals surface area contributed by atoms with Crippen LogP contribution in [-0.4, -0.2) is 51.6 Å². The van der Waals surface area contributed by atoms with E-state index in [1.165, 1.54) is 23.1 Å². The van der Waals surface area contributed by atoms with Crippen LogP contribution in [0.25, 0.3) is 0 Å². The third-order valence-electron chi connectivity index (χ3n) is 3.82. The van der Waals surface area contributed by atoms with Crippen LogP contribution in [0.2, 0.25) is 0 Å². The summed E-state index contributed by atoms with van der Waals surface area (Å²) in [5.74, 6) is -1.85. The summed E-state index contributed by atoms with van der Waals surface area (Å²) < 4.78 is 0. The number of likely N-dealkylation sites (tertiary alicyclic amines) is 1. The van der Waals surface area contributed by atoms with Gasteiger partial charge in [-0.05, 0) is 18.6 Å². The summed E-state index contributed by atoms with van der Waals surface area (Å²) in [6, 6.07) is 3.52. The lowest BCUT2D eigenvalue weighted by Crippen LogP contribution is -2.49. The zero-order valence-electron chi connectivity index (χ0n) is 10.9. The van der Waals surface area contributed by atoms with E-state index in [0.717, 1.165) is 0 Å². The summed E-state index contributed by atoms with van der Waals surface area (Å²) in [6.07, 6.45) is 0.301. The third-order valence-corrected chi connectivity index (χ3v) is 3.82. The third kappa shape index (κ3) is 1.95. The van der Waals surface area contributed by atoms with E-state index in [2.05, 4.69) is 10.6 Å². The molecule has 0 saturated carbocycles. The summed E-state index contributed by atoms with van der Waals surface area (Å²) in [6.45, 7) is 0.292. The van der Waals surface area contributed by atoms with E-state index in [1.807, 2.05) is 0 Å². The number of hydrogen-bond donors (Lipinski definition) is 4. The molecule has 1 unspecified atom stereocenters. The summed E-state index contributed by atoms with van der Waals surface area (Å²) in [5.41, 5.74) is -1.14. The second-order valence-electron chi connectivity index (χ2n) is 5.14. The minimum atomic E-state index is -1.10. The minimum Gasteiger partial charge on any atom is -0.504 e. The molecule has 0 radical (unpaired) electrons. The molecule has 1 atom stereocenters. The Morgan fingerprint density at radius 3 is 2.71 bits per heavy atom. The van der Waals surface area contributed by atoms with E-state index in [-0.39, 0.29) is 24.4 Å². The Balaban J connectivity index is 1.83. The van der Waals surface area contributed by atoms with Crippen molar-refractivity contribution in [2.24, 2.45) is 0 Å². The van der Waals surface area contributed by atoms with E-state index in [1.54, 1.807) is 0 Å². The summed E-state index contributed by atoms with van der Waals surface area (Å²) in [7, 11) is 0. The molecule has 1 spiro atoms. The van der Waals surface area contributed by atoms with Crippen LogP contribution in [0.4, 0.5) is 4.79 Å². The Morgan fingerprint density at radius 1 is 1.29 bits per heavy atom. The normalized spacial score (nSPS) is 24.3. The number of carbonyl (C=O) groups excluding carboxylic acids is 3. The van der Waals surface area contributed by atoms with Crippen LogP contribution >= 0.6 is 0 Å². The van der Waals surface area contributed by atoms with Crippen LogP contribution < -0.4 is 10.6 Å². The number of benzene rings is 1. The van der Waals surface area contributed by atoms with Crippen molar-refractivity contribution in [1.82, 2.24) is 15.5 Å². The standard InChI is InChI=1S/C13H13N3O5/c17-8-3-1-2-7(9(8)18)10(19)16-5-4-13(6-16)11(20)14-12(21)15-13/h1-3,17-18H,4-6H2,(H2,14,15,20,21). The molecule has 2 saturated heterocycles. The molecule has 8 heteroatoms. The zero-order valence-corrected chi connectivity index (χ0v) is 10.9. The van der Waals surface area contributed by atoms with Crippen molar-refractivity contribution in [3.8, 4) is 11.5 Å². The Labute approximate surface area is 119 Å². The fraction of sp³-hybridized carbons (Fsp3) is 0.308. The molecule has 4 N–H and O–H groups in total. The topological polar surface area (TPSA) is 119 Å². The summed E-state index contributed by atoms with van der Waals surface area (Å²) >= 11 is 0. The molecule has 0 bridgehead atoms. The molecule has 4 amide bonds. The van der Waals surface area contributed by atoms with Gasteiger partial charge < -0.3 is 20.4 Å². The van der Waals surface area contributed by atoms with Crippen LogP contribution in [0.1, 0.15) is 16.8 Å². The molecule has 3 rings (SSSR count). The highest BCUT2D eigenvalue weighted by atomic mass is 16.3. The SMILES string of the molecule is O=C1NC(=O)C2(CCN(C(=O)c3cccc(O)c3O)C2)N1. The molecule has 2 heterocycles. The molecular formula is C13H13N3O5. The first kappa shape index (κ1) is 13.2. The number of amides is 4. The number of phenolic OH excluding ortho intramolecular Hbond substituents is 2. The number of imide groups is 1. The van der Waals surface area contributed by atoms with Gasteiger partial charge in [0, 0.05) is 6.54 Å². The average Bonchev–Trinajstić information content (AvgIpc) is 2.97. The average molecular weight is 291 g/mol. The van der Waals surface area contributed by atoms with Gasteiger partial charge in [-0.1, -0.05) is 6.07 Å². The van der Waals surface area contributed by atoms with E-state index < -0.39 is 29.1 Å². The van der Waals surface area contributed by atoms with Gasteiger partial charge in [0.2, 0.25) is 0 Å². The number of carbonyl (C=O) groups is 3. The lowest BCUT2D eigenvalue weighted by Gasteiger charge is -2.21. The van der Waals surface area contributed by atoms with Crippen molar-refractivity contribution < 1.29 is 24.6 Å². The number of hydrogen-bond acceptors (Lipinski definition) is 5. The van der Waals surface area contributed by atoms with E-state index in [4.69, 9.17) is 0 Å². The Kier molecular flexibility index (Phi) is 2.75. The molecule has 2 aliphatic rings. The molecule has 8 nitrogen and oxygen atoms in total. The van der Waals surface area contributed by atoms with E-state index in [0.29, 0.717) is 6.42 Å². The molecule has 110 valence electrons. The van der Waals surface area contributed by atoms with Gasteiger partial charge in [-0.25, -0.2) is 4.79 Å². The van der Waals surface area contributed by atoms with E-state index >= 15 is 0 Å². The predicted molar refractivity (Wildman–Crippen MR) is 69.7 cm³/mol. The summed E-state index contributed by atoms with van der Waals surface area (Å²) in [4.78, 5) is 36.8. The zero-order chi connectivity index (χ0) is 15.2. The minimum absolute atomic E-state index is 0.0263. The first-order valence-corrected chi connectivity index (χ1v) is 6.37. The van der Waals surface area contributed by atoms with Crippen LogP contribution in [0, 0.1) is 0 Å². The van der Waals surface area contributed by atoms with Crippen molar-refractivity contribution >= 4 is 17.8 Å². The van der Waals surface area contributed by atoms with Crippen LogP contribution in [-0.2, 0) is 4.79 Å². The van der Waals surface area contributed by atoms with Gasteiger partial charge in [0.15, 0.2) is 11.5 Å². The van der Waals surface area contributed by atoms with Gasteiger partial charge in [0.25, 0.3) is 11.8 Å². The number of urea groups is 1. The second-order valence-corrected chi connectivity index (χ2v) is 5.14. The Bertz CT molecular complexity index is 659. The molecule has 2 fully saturated rings. The fourth-order valence-electron chi connectivity index (χ4n) is 2.67. The number of nitrogens with zero attached hydrogens (tertiary/aromatic N) is 1. The quantitative estimate of drug-likeness (QED) is 0.412. The van der Waals surface area contributed by atoms with Crippen molar-refractivity contribution in [2.75, 3.05) is 13.1 Å². The first-order valence-electron chi connectivity index (χ1n) is 6.37. The van der Waals surface area contributed by atoms with Crippen LogP contribution in [0.15, 0.2) is 18.2 Å². The maximum atomic E-state index is 12.4. The first-order chi connectivity index (χ1) is 9.93. The number of para-hydroxylation sites is 1. The van der Waals surface area contributed by atoms with Gasteiger partial charge in [0.05, 0.1) is 12.1 Å². The maximum absolute atomic E-state index is 12.4. The number of aromatic hydroxyl groups is 2. The monoisotopic (exact) mass is 291 g/mol. The molecule has 21 heavy (non-hydrogen) atoms. The largest absolute Gasteiger partial charge is 0.504 e. The van der Waals surface area contributed by atoms with Crippen molar-refractivity contribution in [2.45, 2.75) is 12.0 Å². The second kappa shape index (κ2) is 4.37. The van der Waals surface area contributed by atoms with Crippen LogP contribution in [0.3, 0.4) is 0 Å². The van der Waals surface area contributed by atoms with Crippen molar-refractivity contribution in [1.29, 1.82) is 0 Å². The highest BCUT2D eigenvalue weighted by Crippen LogP contribution is 2.32. The predicted octanol–water partition coefficient (Wildman–Crippen LogP) is -0.478. The molecule has 0 aliphatic carbocycles. The Hall–Kier alpha value is -2.77. The van der Waals surface area contributed by atoms with Gasteiger partial charge >= 0.3 is 6.03 Å². The van der Waals surface area contributed by atoms with Gasteiger partial charge in [-0.3, -0.25) is 14.9 Å². The molecule has 1 aromatic rings. The lowest BCUT2D eigenvalue weighted by molar-refractivity contribution is -0.123. The lowest BCUT2D eigenvalue weighted by atomic mass is 9.99. The molecular weight excluding hydrogens is 278 g/mol. The van der Waals surface area contributed by atoms with Crippen LogP contribution in [0.5, 0.6) is 11.5 Å². The molecule has 2 aliphatic heterocycles. The van der Waals surface area contributed by atoms with Gasteiger partial charge in [-0.2, -0.15) is 0 Å². The van der Waals surface area contributed by atoms with Crippen molar-refractivity contribution in [3.63, 3.8) is 0 Å². The fourth-order valence-corrected chi connectivity index (χ4v) is 2.67. The Morgan fingerprint density at radius 2 is 2.05 bits per heavy atom. The van der Waals surface area contributed by atoms with E-state index in [9.17, 15) is 24.6 Å². The highest BCUT2D eigenvalue weighted by molar-refractivity contribution is 6.08. The number of nitrogens with one attached hydrogen (secondary N) is 2. The molecule has 0 aromatic heterocycles. The number of phenols is 2. The summed E-state index contributed by atoms with van der Waals surface area (Å²) in [5, 5.41) is 23.9. The highest BCUT2D eigenvalue weighted by Gasteiger charge is 2.51. The maximum Gasteiger partial charge on any atom is 0.322 e.